The van der Waals surface area contributed by atoms with Crippen molar-refractivity contribution in [3.05, 3.63) is 83.1 Å². The highest BCUT2D eigenvalue weighted by molar-refractivity contribution is 6.30. The molecule has 0 fully saturated rings. The summed E-state index contributed by atoms with van der Waals surface area (Å²) in [5, 5.41) is 12.4. The monoisotopic (exact) mass is 348 g/mol. The molecule has 5 heteroatoms. The molecule has 0 saturated carbocycles. The number of hydrogen-bond donors (Lipinski definition) is 1. The van der Waals surface area contributed by atoms with Gasteiger partial charge in [0.05, 0.1) is 11.3 Å². The summed E-state index contributed by atoms with van der Waals surface area (Å²) in [7, 11) is 0. The third-order valence-corrected chi connectivity index (χ3v) is 3.71. The minimum Gasteiger partial charge on any atom is -0.457 e. The van der Waals surface area contributed by atoms with Gasteiger partial charge in [0.2, 0.25) is 5.91 Å². The smallest absolute Gasteiger partial charge is 0.248 e. The van der Waals surface area contributed by atoms with Crippen LogP contribution in [0.5, 0.6) is 0 Å². The van der Waals surface area contributed by atoms with E-state index in [4.69, 9.17) is 21.3 Å². The number of furan rings is 1. The number of carbonyl (C=O) groups excluding carboxylic acids is 1. The van der Waals surface area contributed by atoms with Gasteiger partial charge < -0.3 is 9.73 Å². The van der Waals surface area contributed by atoms with Crippen LogP contribution >= 0.6 is 11.6 Å². The van der Waals surface area contributed by atoms with Crippen molar-refractivity contribution in [1.82, 2.24) is 0 Å². The van der Waals surface area contributed by atoms with Gasteiger partial charge in [-0.2, -0.15) is 5.26 Å². The minimum absolute atomic E-state index is 0.341. The number of nitrogens with one attached hydrogen (secondary N) is 1. The van der Waals surface area contributed by atoms with Crippen molar-refractivity contribution in [2.75, 3.05) is 5.32 Å². The van der Waals surface area contributed by atoms with Crippen LogP contribution in [-0.4, -0.2) is 5.91 Å². The molecule has 0 saturated heterocycles. The van der Waals surface area contributed by atoms with E-state index in [-0.39, 0.29) is 5.91 Å². The number of nitrogens with zero attached hydrogens (tertiary/aromatic N) is 1. The summed E-state index contributed by atoms with van der Waals surface area (Å²) in [6, 6.07) is 19.7. The number of anilines is 1. The van der Waals surface area contributed by atoms with Gasteiger partial charge in [-0.25, -0.2) is 0 Å². The molecule has 0 radical (unpaired) electrons. The van der Waals surface area contributed by atoms with E-state index in [1.54, 1.807) is 48.5 Å². The average molecular weight is 349 g/mol. The molecular formula is C20H13ClN2O2. The van der Waals surface area contributed by atoms with Crippen molar-refractivity contribution in [2.24, 2.45) is 0 Å². The van der Waals surface area contributed by atoms with Gasteiger partial charge in [-0.05, 0) is 54.6 Å². The lowest BCUT2D eigenvalue weighted by Gasteiger charge is -2.03. The molecule has 0 bridgehead atoms. The zero-order chi connectivity index (χ0) is 17.6. The van der Waals surface area contributed by atoms with Crippen molar-refractivity contribution in [3.63, 3.8) is 0 Å². The fourth-order valence-corrected chi connectivity index (χ4v) is 2.36. The Morgan fingerprint density at radius 1 is 1.08 bits per heavy atom. The molecule has 0 aliphatic heterocycles. The topological polar surface area (TPSA) is 66.0 Å². The number of hydrogen-bond acceptors (Lipinski definition) is 3. The van der Waals surface area contributed by atoms with Crippen LogP contribution in [-0.2, 0) is 4.79 Å². The maximum atomic E-state index is 12.0. The predicted molar refractivity (Wildman–Crippen MR) is 98.0 cm³/mol. The molecule has 0 atom stereocenters. The van der Waals surface area contributed by atoms with Crippen LogP contribution in [0.2, 0.25) is 5.02 Å². The van der Waals surface area contributed by atoms with Crippen molar-refractivity contribution in [1.29, 1.82) is 5.26 Å². The Morgan fingerprint density at radius 2 is 1.84 bits per heavy atom. The molecule has 1 amide bonds. The second-order valence-electron chi connectivity index (χ2n) is 5.19. The average Bonchev–Trinajstić information content (AvgIpc) is 3.10. The number of carbonyl (C=O) groups is 1. The first-order valence-corrected chi connectivity index (χ1v) is 7.87. The largest absolute Gasteiger partial charge is 0.457 e. The van der Waals surface area contributed by atoms with Crippen LogP contribution in [0.1, 0.15) is 11.3 Å². The molecule has 3 aromatic rings. The molecule has 1 N–H and O–H groups in total. The van der Waals surface area contributed by atoms with Crippen molar-refractivity contribution >= 4 is 29.3 Å². The Balaban J connectivity index is 1.69. The molecule has 1 heterocycles. The molecule has 0 aliphatic rings. The van der Waals surface area contributed by atoms with E-state index in [1.165, 1.54) is 6.08 Å². The Hall–Kier alpha value is -3.29. The highest BCUT2D eigenvalue weighted by Gasteiger charge is 2.05. The summed E-state index contributed by atoms with van der Waals surface area (Å²) < 4.78 is 5.69. The Bertz CT molecular complexity index is 966. The first kappa shape index (κ1) is 16.6. The summed E-state index contributed by atoms with van der Waals surface area (Å²) >= 11 is 5.87. The first-order chi connectivity index (χ1) is 12.2. The van der Waals surface area contributed by atoms with E-state index in [2.05, 4.69) is 5.32 Å². The molecule has 122 valence electrons. The number of para-hydroxylation sites is 1. The van der Waals surface area contributed by atoms with Crippen molar-refractivity contribution < 1.29 is 9.21 Å². The summed E-state index contributed by atoms with van der Waals surface area (Å²) in [5.74, 6) is 0.896. The highest BCUT2D eigenvalue weighted by Crippen LogP contribution is 2.24. The second kappa shape index (κ2) is 7.52. The van der Waals surface area contributed by atoms with Gasteiger partial charge in [0.25, 0.3) is 0 Å². The predicted octanol–water partition coefficient (Wildman–Crippen LogP) is 5.12. The van der Waals surface area contributed by atoms with Crippen LogP contribution in [0.4, 0.5) is 5.69 Å². The second-order valence-corrected chi connectivity index (χ2v) is 5.63. The molecule has 3 rings (SSSR count). The summed E-state index contributed by atoms with van der Waals surface area (Å²) in [4.78, 5) is 12.0. The van der Waals surface area contributed by atoms with Crippen LogP contribution < -0.4 is 5.32 Å². The Kier molecular flexibility index (Phi) is 4.98. The van der Waals surface area contributed by atoms with Gasteiger partial charge in [-0.15, -0.1) is 0 Å². The Morgan fingerprint density at radius 3 is 2.60 bits per heavy atom. The van der Waals surface area contributed by atoms with Crippen LogP contribution in [0.15, 0.2) is 71.2 Å². The molecule has 2 aromatic carbocycles. The van der Waals surface area contributed by atoms with E-state index in [0.29, 0.717) is 27.8 Å². The van der Waals surface area contributed by atoms with Crippen LogP contribution in [0, 0.1) is 11.3 Å². The number of amides is 1. The van der Waals surface area contributed by atoms with Gasteiger partial charge in [-0.1, -0.05) is 23.7 Å². The number of benzene rings is 2. The van der Waals surface area contributed by atoms with Gasteiger partial charge >= 0.3 is 0 Å². The van der Waals surface area contributed by atoms with Crippen molar-refractivity contribution in [3.8, 4) is 17.4 Å². The van der Waals surface area contributed by atoms with Gasteiger partial charge in [0.15, 0.2) is 0 Å². The zero-order valence-corrected chi connectivity index (χ0v) is 13.8. The SMILES string of the molecule is N#Cc1ccccc1NC(=O)/C=C/c1ccc(-c2ccc(Cl)cc2)o1. The van der Waals surface area contributed by atoms with Gasteiger partial charge in [0, 0.05) is 16.7 Å². The van der Waals surface area contributed by atoms with E-state index < -0.39 is 0 Å². The van der Waals surface area contributed by atoms with Crippen molar-refractivity contribution in [2.45, 2.75) is 0 Å². The number of halogens is 1. The lowest BCUT2D eigenvalue weighted by molar-refractivity contribution is -0.111. The van der Waals surface area contributed by atoms with Gasteiger partial charge in [0.1, 0.15) is 17.6 Å². The molecule has 25 heavy (non-hydrogen) atoms. The molecule has 1 aromatic heterocycles. The zero-order valence-electron chi connectivity index (χ0n) is 13.1. The highest BCUT2D eigenvalue weighted by atomic mass is 35.5. The van der Waals surface area contributed by atoms with E-state index >= 15 is 0 Å². The maximum Gasteiger partial charge on any atom is 0.248 e. The summed E-state index contributed by atoms with van der Waals surface area (Å²) in [6.07, 6.45) is 2.93. The molecule has 4 nitrogen and oxygen atoms in total. The lowest BCUT2D eigenvalue weighted by atomic mass is 10.2. The standard InChI is InChI=1S/C20H13ClN2O2/c21-16-7-5-14(6-8-16)19-11-9-17(25-19)10-12-20(24)23-18-4-2-1-3-15(18)13-22/h1-12H,(H,23,24)/b12-10+. The molecule has 0 spiro atoms. The summed E-state index contributed by atoms with van der Waals surface area (Å²) in [6.45, 7) is 0. The van der Waals surface area contributed by atoms with E-state index in [0.717, 1.165) is 5.56 Å². The van der Waals surface area contributed by atoms with Crippen LogP contribution in [0.3, 0.4) is 0 Å². The Labute approximate surface area is 150 Å². The van der Waals surface area contributed by atoms with E-state index in [1.807, 2.05) is 24.3 Å². The quantitative estimate of drug-likeness (QED) is 0.665. The normalized spacial score (nSPS) is 10.6. The van der Waals surface area contributed by atoms with Crippen LogP contribution in [0.25, 0.3) is 17.4 Å². The minimum atomic E-state index is -0.341. The summed E-state index contributed by atoms with van der Waals surface area (Å²) in [5.41, 5.74) is 1.78. The van der Waals surface area contributed by atoms with Gasteiger partial charge in [-0.3, -0.25) is 4.79 Å². The third-order valence-electron chi connectivity index (χ3n) is 3.46. The maximum absolute atomic E-state index is 12.0. The van der Waals surface area contributed by atoms with E-state index in [9.17, 15) is 4.79 Å². The molecule has 0 unspecified atom stereocenters. The number of rotatable bonds is 4. The fourth-order valence-electron chi connectivity index (χ4n) is 2.23. The number of nitriles is 1. The molecular weight excluding hydrogens is 336 g/mol. The molecule has 0 aliphatic carbocycles. The lowest BCUT2D eigenvalue weighted by Crippen LogP contribution is -2.08. The third kappa shape index (κ3) is 4.17. The fraction of sp³-hybridized carbons (Fsp3) is 0. The first-order valence-electron chi connectivity index (χ1n) is 7.50.